The Bertz CT molecular complexity index is 764. The molecule has 2 atom stereocenters. The molecule has 0 spiro atoms. The summed E-state index contributed by atoms with van der Waals surface area (Å²) in [5.41, 5.74) is 0.123. The van der Waals surface area contributed by atoms with E-state index in [1.165, 1.54) is 37.3 Å². The Morgan fingerprint density at radius 1 is 1.33 bits per heavy atom. The molecule has 27 heavy (non-hydrogen) atoms. The number of carbonyl (C=O) groups excluding carboxylic acids is 2. The van der Waals surface area contributed by atoms with Crippen LogP contribution in [0.1, 0.15) is 25.3 Å². The van der Waals surface area contributed by atoms with Crippen LogP contribution in [0.2, 0.25) is 0 Å². The van der Waals surface area contributed by atoms with E-state index in [2.05, 4.69) is 5.32 Å². The molecular weight excluding hydrogens is 367 g/mol. The van der Waals surface area contributed by atoms with E-state index in [4.69, 9.17) is 0 Å². The highest BCUT2D eigenvalue weighted by Crippen LogP contribution is 2.32. The molecule has 10 heteroatoms. The lowest BCUT2D eigenvalue weighted by atomic mass is 9.97. The van der Waals surface area contributed by atoms with Crippen molar-refractivity contribution in [1.82, 2.24) is 10.2 Å². The molecule has 1 aromatic carbocycles. The van der Waals surface area contributed by atoms with E-state index in [9.17, 15) is 32.9 Å². The van der Waals surface area contributed by atoms with Crippen LogP contribution in [-0.4, -0.2) is 46.4 Å². The minimum absolute atomic E-state index is 0.113. The number of nitrogens with zero attached hydrogens (tertiary/aromatic N) is 2. The number of nitro groups is 1. The largest absolute Gasteiger partial charge is 0.408 e. The van der Waals surface area contributed by atoms with Gasteiger partial charge in [0, 0.05) is 37.7 Å². The minimum atomic E-state index is -4.59. The van der Waals surface area contributed by atoms with Gasteiger partial charge >= 0.3 is 6.18 Å². The maximum Gasteiger partial charge on any atom is 0.408 e. The van der Waals surface area contributed by atoms with Crippen LogP contribution in [0.25, 0.3) is 6.08 Å². The maximum atomic E-state index is 13.3. The number of benzene rings is 1. The average Bonchev–Trinajstić information content (AvgIpc) is 2.58. The summed E-state index contributed by atoms with van der Waals surface area (Å²) in [6.07, 6.45) is -2.61. The molecule has 146 valence electrons. The van der Waals surface area contributed by atoms with Crippen molar-refractivity contribution in [3.8, 4) is 0 Å². The van der Waals surface area contributed by atoms with E-state index >= 15 is 0 Å². The zero-order chi connectivity index (χ0) is 20.2. The molecule has 1 aromatic rings. The summed E-state index contributed by atoms with van der Waals surface area (Å²) in [6.45, 7) is 0.992. The number of amides is 2. The van der Waals surface area contributed by atoms with Crippen molar-refractivity contribution in [2.24, 2.45) is 0 Å². The Morgan fingerprint density at radius 2 is 2.04 bits per heavy atom. The van der Waals surface area contributed by atoms with Crippen LogP contribution in [0.15, 0.2) is 30.3 Å². The van der Waals surface area contributed by atoms with E-state index in [1.807, 2.05) is 0 Å². The lowest BCUT2D eigenvalue weighted by Crippen LogP contribution is -2.57. The normalized spacial score (nSPS) is 20.5. The highest BCUT2D eigenvalue weighted by Gasteiger charge is 2.47. The standard InChI is InChI=1S/C17H18F3N3O4/c1-11(24)21-13-6-7-15(17(18,19)20)22(10-13)16(25)8-5-12-3-2-4-14(9-12)23(26)27/h2-5,8-9,13,15H,6-7,10H2,1H3,(H,21,24)/b8-5+. The number of piperidine rings is 1. The Kier molecular flexibility index (Phi) is 6.19. The van der Waals surface area contributed by atoms with Gasteiger partial charge in [-0.3, -0.25) is 19.7 Å². The highest BCUT2D eigenvalue weighted by molar-refractivity contribution is 5.92. The third kappa shape index (κ3) is 5.53. The van der Waals surface area contributed by atoms with E-state index in [0.29, 0.717) is 10.5 Å². The molecule has 1 aliphatic rings. The van der Waals surface area contributed by atoms with Crippen molar-refractivity contribution in [3.05, 3.63) is 46.0 Å². The third-order valence-electron chi connectivity index (χ3n) is 4.15. The van der Waals surface area contributed by atoms with Crippen molar-refractivity contribution in [2.75, 3.05) is 6.54 Å². The summed E-state index contributed by atoms with van der Waals surface area (Å²) in [5, 5.41) is 13.3. The zero-order valence-corrected chi connectivity index (χ0v) is 14.4. The van der Waals surface area contributed by atoms with Crippen LogP contribution in [0.3, 0.4) is 0 Å². The van der Waals surface area contributed by atoms with E-state index in [-0.39, 0.29) is 31.0 Å². The molecule has 1 N–H and O–H groups in total. The number of alkyl halides is 3. The fourth-order valence-electron chi connectivity index (χ4n) is 2.97. The Morgan fingerprint density at radius 3 is 2.63 bits per heavy atom. The van der Waals surface area contributed by atoms with Gasteiger partial charge < -0.3 is 10.2 Å². The number of likely N-dealkylation sites (tertiary alicyclic amines) is 1. The first-order chi connectivity index (χ1) is 12.6. The highest BCUT2D eigenvalue weighted by atomic mass is 19.4. The van der Waals surface area contributed by atoms with Crippen molar-refractivity contribution >= 4 is 23.6 Å². The van der Waals surface area contributed by atoms with Gasteiger partial charge in [-0.25, -0.2) is 0 Å². The molecule has 1 fully saturated rings. The van der Waals surface area contributed by atoms with Crippen LogP contribution in [0.4, 0.5) is 18.9 Å². The van der Waals surface area contributed by atoms with Crippen LogP contribution in [-0.2, 0) is 9.59 Å². The fourth-order valence-corrected chi connectivity index (χ4v) is 2.97. The second-order valence-electron chi connectivity index (χ2n) is 6.21. The van der Waals surface area contributed by atoms with Crippen LogP contribution in [0, 0.1) is 10.1 Å². The fraction of sp³-hybridized carbons (Fsp3) is 0.412. The second-order valence-corrected chi connectivity index (χ2v) is 6.21. The molecular formula is C17H18F3N3O4. The number of carbonyl (C=O) groups is 2. The van der Waals surface area contributed by atoms with Gasteiger partial charge in [-0.15, -0.1) is 0 Å². The summed E-state index contributed by atoms with van der Waals surface area (Å²) in [6, 6.07) is 2.88. The average molecular weight is 385 g/mol. The maximum absolute atomic E-state index is 13.3. The van der Waals surface area contributed by atoms with E-state index in [0.717, 1.165) is 6.08 Å². The van der Waals surface area contributed by atoms with Gasteiger partial charge in [0.15, 0.2) is 0 Å². The summed E-state index contributed by atoms with van der Waals surface area (Å²) in [7, 11) is 0. The number of halogens is 3. The van der Waals surface area contributed by atoms with Crippen molar-refractivity contribution < 1.29 is 27.7 Å². The van der Waals surface area contributed by atoms with Gasteiger partial charge in [0.1, 0.15) is 6.04 Å². The lowest BCUT2D eigenvalue weighted by Gasteiger charge is -2.40. The smallest absolute Gasteiger partial charge is 0.352 e. The second kappa shape index (κ2) is 8.19. The van der Waals surface area contributed by atoms with Crippen LogP contribution < -0.4 is 5.32 Å². The predicted octanol–water partition coefficient (Wildman–Crippen LogP) is 2.67. The van der Waals surface area contributed by atoms with Gasteiger partial charge in [0.25, 0.3) is 5.69 Å². The quantitative estimate of drug-likeness (QED) is 0.490. The number of hydrogen-bond acceptors (Lipinski definition) is 4. The summed E-state index contributed by atoms with van der Waals surface area (Å²) >= 11 is 0. The molecule has 0 aliphatic carbocycles. The number of nitro benzene ring substituents is 1. The Labute approximate surface area is 153 Å². The van der Waals surface area contributed by atoms with E-state index in [1.54, 1.807) is 0 Å². The van der Waals surface area contributed by atoms with Crippen molar-refractivity contribution in [2.45, 2.75) is 38.0 Å². The van der Waals surface area contributed by atoms with E-state index < -0.39 is 29.1 Å². The zero-order valence-electron chi connectivity index (χ0n) is 14.4. The number of non-ortho nitro benzene ring substituents is 1. The predicted molar refractivity (Wildman–Crippen MR) is 90.5 cm³/mol. The monoisotopic (exact) mass is 385 g/mol. The van der Waals surface area contributed by atoms with Gasteiger partial charge in [-0.2, -0.15) is 13.2 Å². The molecule has 0 radical (unpaired) electrons. The van der Waals surface area contributed by atoms with Crippen LogP contribution in [0.5, 0.6) is 0 Å². The van der Waals surface area contributed by atoms with Gasteiger partial charge in [-0.05, 0) is 24.5 Å². The van der Waals surface area contributed by atoms with Gasteiger partial charge in [0.2, 0.25) is 11.8 Å². The molecule has 0 aromatic heterocycles. The number of rotatable bonds is 4. The Balaban J connectivity index is 2.19. The number of hydrogen-bond donors (Lipinski definition) is 1. The molecule has 1 heterocycles. The first-order valence-electron chi connectivity index (χ1n) is 8.15. The van der Waals surface area contributed by atoms with Crippen molar-refractivity contribution in [1.29, 1.82) is 0 Å². The molecule has 2 rings (SSSR count). The topological polar surface area (TPSA) is 92.6 Å². The van der Waals surface area contributed by atoms with Gasteiger partial charge in [0.05, 0.1) is 4.92 Å². The molecule has 1 saturated heterocycles. The minimum Gasteiger partial charge on any atom is -0.352 e. The SMILES string of the molecule is CC(=O)NC1CCC(C(F)(F)F)N(C(=O)/C=C/c2cccc([N+](=O)[O-])c2)C1. The molecule has 0 bridgehead atoms. The molecule has 2 unspecified atom stereocenters. The van der Waals surface area contributed by atoms with Crippen molar-refractivity contribution in [3.63, 3.8) is 0 Å². The molecule has 1 aliphatic heterocycles. The van der Waals surface area contributed by atoms with Gasteiger partial charge in [-0.1, -0.05) is 12.1 Å². The molecule has 7 nitrogen and oxygen atoms in total. The summed E-state index contributed by atoms with van der Waals surface area (Å²) in [5.74, 6) is -1.26. The van der Waals surface area contributed by atoms with Crippen LogP contribution >= 0.6 is 0 Å². The first kappa shape index (κ1) is 20.4. The Hall–Kier alpha value is -2.91. The molecule has 0 saturated carbocycles. The first-order valence-corrected chi connectivity index (χ1v) is 8.15. The lowest BCUT2D eigenvalue weighted by molar-refractivity contribution is -0.384. The summed E-state index contributed by atoms with van der Waals surface area (Å²) in [4.78, 5) is 34.4. The number of nitrogens with one attached hydrogen (secondary N) is 1. The third-order valence-corrected chi connectivity index (χ3v) is 4.15. The summed E-state index contributed by atoms with van der Waals surface area (Å²) < 4.78 is 39.8. The molecule has 2 amide bonds.